The molecule has 1 amide bonds. The van der Waals surface area contributed by atoms with Crippen LogP contribution < -0.4 is 5.32 Å². The van der Waals surface area contributed by atoms with Crippen molar-refractivity contribution in [3.8, 4) is 6.07 Å². The van der Waals surface area contributed by atoms with Crippen LogP contribution in [0.2, 0.25) is 0 Å². The minimum Gasteiger partial charge on any atom is -0.379 e. The summed E-state index contributed by atoms with van der Waals surface area (Å²) in [4.78, 5) is 14.7. The number of nitriles is 1. The summed E-state index contributed by atoms with van der Waals surface area (Å²) in [5.41, 5.74) is 1.97. The third-order valence-electron chi connectivity index (χ3n) is 4.47. The van der Waals surface area contributed by atoms with Gasteiger partial charge in [0.2, 0.25) is 0 Å². The molecule has 0 aliphatic carbocycles. The lowest BCUT2D eigenvalue weighted by Gasteiger charge is -2.35. The highest BCUT2D eigenvalue weighted by atomic mass is 19.1. The molecule has 1 aliphatic heterocycles. The Hall–Kier alpha value is -2.75. The molecule has 0 spiro atoms. The van der Waals surface area contributed by atoms with Crippen LogP contribution in [-0.4, -0.2) is 43.7 Å². The van der Waals surface area contributed by atoms with Gasteiger partial charge in [-0.05, 0) is 42.0 Å². The maximum atomic E-state index is 13.3. The van der Waals surface area contributed by atoms with Gasteiger partial charge in [-0.3, -0.25) is 9.69 Å². The van der Waals surface area contributed by atoms with E-state index in [-0.39, 0.29) is 17.8 Å². The molecule has 1 heterocycles. The van der Waals surface area contributed by atoms with Gasteiger partial charge in [-0.15, -0.1) is 0 Å². The quantitative estimate of drug-likeness (QED) is 0.897. The molecule has 5 nitrogen and oxygen atoms in total. The number of hydrogen-bond acceptors (Lipinski definition) is 4. The molecular formula is C20H20FN3O2. The van der Waals surface area contributed by atoms with Gasteiger partial charge < -0.3 is 10.1 Å². The van der Waals surface area contributed by atoms with Crippen LogP contribution >= 0.6 is 0 Å². The maximum absolute atomic E-state index is 13.3. The number of ether oxygens (including phenoxy) is 1. The monoisotopic (exact) mass is 353 g/mol. The normalized spacial score (nSPS) is 15.8. The van der Waals surface area contributed by atoms with Crippen molar-refractivity contribution in [1.29, 1.82) is 5.26 Å². The summed E-state index contributed by atoms with van der Waals surface area (Å²) < 4.78 is 18.7. The molecule has 1 N–H and O–H groups in total. The number of hydrogen-bond donors (Lipinski definition) is 1. The fraction of sp³-hybridized carbons (Fsp3) is 0.300. The van der Waals surface area contributed by atoms with Gasteiger partial charge >= 0.3 is 0 Å². The standard InChI is InChI=1S/C20H20FN3O2/c21-18-7-5-16(6-8-18)19(24-9-11-26-12-10-24)14-23-20(25)17-3-1-15(13-22)2-4-17/h1-8,19H,9-12,14H2,(H,23,25)/t19-/m0/s1. The molecule has 0 saturated carbocycles. The van der Waals surface area contributed by atoms with Gasteiger partial charge in [0.15, 0.2) is 0 Å². The molecule has 2 aromatic rings. The molecule has 1 aliphatic rings. The highest BCUT2D eigenvalue weighted by Gasteiger charge is 2.23. The van der Waals surface area contributed by atoms with Crippen LogP contribution in [-0.2, 0) is 4.74 Å². The molecule has 1 fully saturated rings. The summed E-state index contributed by atoms with van der Waals surface area (Å²) in [6, 6.07) is 14.9. The third-order valence-corrected chi connectivity index (χ3v) is 4.47. The highest BCUT2D eigenvalue weighted by molar-refractivity contribution is 5.94. The van der Waals surface area contributed by atoms with Gasteiger partial charge in [0, 0.05) is 25.2 Å². The SMILES string of the molecule is N#Cc1ccc(C(=O)NC[C@@H](c2ccc(F)cc2)N2CCOCC2)cc1. The first-order chi connectivity index (χ1) is 12.7. The van der Waals surface area contributed by atoms with Crippen molar-refractivity contribution in [3.63, 3.8) is 0 Å². The summed E-state index contributed by atoms with van der Waals surface area (Å²) in [6.45, 7) is 3.20. The largest absolute Gasteiger partial charge is 0.379 e. The van der Waals surface area contributed by atoms with Gasteiger partial charge in [-0.1, -0.05) is 12.1 Å². The fourth-order valence-electron chi connectivity index (χ4n) is 3.02. The van der Waals surface area contributed by atoms with Gasteiger partial charge in [0.05, 0.1) is 30.9 Å². The van der Waals surface area contributed by atoms with E-state index in [4.69, 9.17) is 10.00 Å². The minimum absolute atomic E-state index is 0.0539. The number of halogens is 1. The Morgan fingerprint density at radius 1 is 1.15 bits per heavy atom. The van der Waals surface area contributed by atoms with Crippen molar-refractivity contribution in [2.75, 3.05) is 32.8 Å². The highest BCUT2D eigenvalue weighted by Crippen LogP contribution is 2.22. The molecule has 3 rings (SSSR count). The Bertz CT molecular complexity index is 778. The number of rotatable bonds is 5. The van der Waals surface area contributed by atoms with E-state index in [2.05, 4.69) is 10.2 Å². The summed E-state index contributed by atoms with van der Waals surface area (Å²) in [7, 11) is 0. The first kappa shape index (κ1) is 18.1. The Labute approximate surface area is 152 Å². The third kappa shape index (κ3) is 4.45. The predicted octanol–water partition coefficient (Wildman–Crippen LogP) is 2.50. The van der Waals surface area contributed by atoms with Gasteiger partial charge in [-0.2, -0.15) is 5.26 Å². The van der Waals surface area contributed by atoms with E-state index in [1.54, 1.807) is 36.4 Å². The number of nitrogens with one attached hydrogen (secondary N) is 1. The van der Waals surface area contributed by atoms with Crippen LogP contribution in [0.15, 0.2) is 48.5 Å². The van der Waals surface area contributed by atoms with E-state index in [9.17, 15) is 9.18 Å². The van der Waals surface area contributed by atoms with Crippen LogP contribution in [0, 0.1) is 17.1 Å². The number of amides is 1. The second-order valence-corrected chi connectivity index (χ2v) is 6.11. The lowest BCUT2D eigenvalue weighted by molar-refractivity contribution is 0.0162. The second kappa shape index (κ2) is 8.56. The molecule has 2 aromatic carbocycles. The van der Waals surface area contributed by atoms with E-state index in [1.807, 2.05) is 6.07 Å². The van der Waals surface area contributed by atoms with Crippen molar-refractivity contribution >= 4 is 5.91 Å². The first-order valence-corrected chi connectivity index (χ1v) is 8.53. The lowest BCUT2D eigenvalue weighted by Crippen LogP contribution is -2.43. The summed E-state index contributed by atoms with van der Waals surface area (Å²) >= 11 is 0. The molecular weight excluding hydrogens is 333 g/mol. The molecule has 6 heteroatoms. The van der Waals surface area contributed by atoms with Gasteiger partial charge in [0.1, 0.15) is 5.82 Å². The van der Waals surface area contributed by atoms with Crippen LogP contribution in [0.4, 0.5) is 4.39 Å². The fourth-order valence-corrected chi connectivity index (χ4v) is 3.02. The number of nitrogens with zero attached hydrogens (tertiary/aromatic N) is 2. The topological polar surface area (TPSA) is 65.4 Å². The molecule has 0 aromatic heterocycles. The maximum Gasteiger partial charge on any atom is 0.251 e. The first-order valence-electron chi connectivity index (χ1n) is 8.53. The Kier molecular flexibility index (Phi) is 5.95. The van der Waals surface area contributed by atoms with E-state index in [0.717, 1.165) is 18.7 Å². The summed E-state index contributed by atoms with van der Waals surface area (Å²) in [5.74, 6) is -0.481. The van der Waals surface area contributed by atoms with Crippen LogP contribution in [0.3, 0.4) is 0 Å². The van der Waals surface area contributed by atoms with Crippen molar-refractivity contribution in [2.45, 2.75) is 6.04 Å². The number of carbonyl (C=O) groups excluding carboxylic acids is 1. The van der Waals surface area contributed by atoms with E-state index in [1.165, 1.54) is 12.1 Å². The molecule has 26 heavy (non-hydrogen) atoms. The molecule has 0 radical (unpaired) electrons. The zero-order chi connectivity index (χ0) is 18.4. The van der Waals surface area contributed by atoms with E-state index < -0.39 is 0 Å². The van der Waals surface area contributed by atoms with Crippen LogP contribution in [0.5, 0.6) is 0 Å². The number of carbonyl (C=O) groups is 1. The van der Waals surface area contributed by atoms with Crippen molar-refractivity contribution in [2.24, 2.45) is 0 Å². The van der Waals surface area contributed by atoms with E-state index in [0.29, 0.717) is 30.9 Å². The van der Waals surface area contributed by atoms with Crippen molar-refractivity contribution in [1.82, 2.24) is 10.2 Å². The second-order valence-electron chi connectivity index (χ2n) is 6.11. The Morgan fingerprint density at radius 3 is 2.42 bits per heavy atom. The van der Waals surface area contributed by atoms with Crippen molar-refractivity contribution < 1.29 is 13.9 Å². The predicted molar refractivity (Wildman–Crippen MR) is 95.0 cm³/mol. The van der Waals surface area contributed by atoms with E-state index >= 15 is 0 Å². The summed E-state index contributed by atoms with van der Waals surface area (Å²) in [5, 5.41) is 11.8. The zero-order valence-electron chi connectivity index (χ0n) is 14.3. The molecule has 1 atom stereocenters. The number of morpholine rings is 1. The molecule has 1 saturated heterocycles. The van der Waals surface area contributed by atoms with Gasteiger partial charge in [0.25, 0.3) is 5.91 Å². The molecule has 0 unspecified atom stereocenters. The Morgan fingerprint density at radius 2 is 1.81 bits per heavy atom. The molecule has 134 valence electrons. The average molecular weight is 353 g/mol. The average Bonchev–Trinajstić information content (AvgIpc) is 2.70. The van der Waals surface area contributed by atoms with Crippen LogP contribution in [0.1, 0.15) is 27.5 Å². The summed E-state index contributed by atoms with van der Waals surface area (Å²) in [6.07, 6.45) is 0. The lowest BCUT2D eigenvalue weighted by atomic mass is 10.0. The van der Waals surface area contributed by atoms with Crippen LogP contribution in [0.25, 0.3) is 0 Å². The number of benzene rings is 2. The zero-order valence-corrected chi connectivity index (χ0v) is 14.3. The molecule has 0 bridgehead atoms. The smallest absolute Gasteiger partial charge is 0.251 e. The van der Waals surface area contributed by atoms with Crippen molar-refractivity contribution in [3.05, 3.63) is 71.0 Å². The minimum atomic E-state index is -0.281. The van der Waals surface area contributed by atoms with Gasteiger partial charge in [-0.25, -0.2) is 4.39 Å². The Balaban J connectivity index is 1.71.